The Labute approximate surface area is 137 Å². The van der Waals surface area contributed by atoms with Crippen molar-refractivity contribution in [2.24, 2.45) is 0 Å². The van der Waals surface area contributed by atoms with Crippen LogP contribution in [0.3, 0.4) is 0 Å². The monoisotopic (exact) mass is 319 g/mol. The summed E-state index contributed by atoms with van der Waals surface area (Å²) in [5, 5.41) is 3.26. The van der Waals surface area contributed by atoms with Gasteiger partial charge in [-0.05, 0) is 19.3 Å². The third kappa shape index (κ3) is 4.62. The van der Waals surface area contributed by atoms with Crippen LogP contribution in [0.1, 0.15) is 29.8 Å². The summed E-state index contributed by atoms with van der Waals surface area (Å²) in [7, 11) is 0. The molecule has 2 aliphatic heterocycles. The molecule has 1 amide bonds. The second-order valence-electron chi connectivity index (χ2n) is 6.02. The zero-order valence-electron chi connectivity index (χ0n) is 13.5. The maximum Gasteiger partial charge on any atom is 0.274 e. The first-order valence-electron chi connectivity index (χ1n) is 8.48. The van der Waals surface area contributed by atoms with Gasteiger partial charge in [-0.3, -0.25) is 9.69 Å². The first-order chi connectivity index (χ1) is 11.3. The number of nitrogens with zero attached hydrogens (tertiary/aromatic N) is 4. The van der Waals surface area contributed by atoms with E-state index >= 15 is 0 Å². The quantitative estimate of drug-likeness (QED) is 0.867. The standard InChI is InChI=1S/C16H25N5O2/c22-16(21-5-2-1-3-6-21)14-12-19-15(13-18-14)17-4-7-20-8-10-23-11-9-20/h12-13H,1-11H2,(H,17,19). The number of likely N-dealkylation sites (tertiary alicyclic amines) is 1. The molecular weight excluding hydrogens is 294 g/mol. The predicted octanol–water partition coefficient (Wildman–Crippen LogP) is 0.847. The Bertz CT molecular complexity index is 496. The van der Waals surface area contributed by atoms with E-state index in [1.54, 1.807) is 12.4 Å². The van der Waals surface area contributed by atoms with Crippen LogP contribution in [-0.4, -0.2) is 78.2 Å². The van der Waals surface area contributed by atoms with Gasteiger partial charge in [0.1, 0.15) is 11.5 Å². The first kappa shape index (κ1) is 16.1. The Morgan fingerprint density at radius 1 is 1.09 bits per heavy atom. The molecule has 0 aliphatic carbocycles. The maximum absolute atomic E-state index is 12.3. The summed E-state index contributed by atoms with van der Waals surface area (Å²) in [6, 6.07) is 0. The van der Waals surface area contributed by atoms with E-state index in [2.05, 4.69) is 20.2 Å². The first-order valence-corrected chi connectivity index (χ1v) is 8.48. The number of hydrogen-bond acceptors (Lipinski definition) is 6. The number of hydrogen-bond donors (Lipinski definition) is 1. The van der Waals surface area contributed by atoms with Gasteiger partial charge in [0.25, 0.3) is 5.91 Å². The number of aromatic nitrogens is 2. The number of amides is 1. The lowest BCUT2D eigenvalue weighted by Crippen LogP contribution is -2.39. The van der Waals surface area contributed by atoms with Gasteiger partial charge in [0.2, 0.25) is 0 Å². The molecule has 0 unspecified atom stereocenters. The van der Waals surface area contributed by atoms with E-state index in [0.717, 1.165) is 65.3 Å². The van der Waals surface area contributed by atoms with Gasteiger partial charge in [-0.15, -0.1) is 0 Å². The number of ether oxygens (including phenoxy) is 1. The van der Waals surface area contributed by atoms with Crippen molar-refractivity contribution >= 4 is 11.7 Å². The lowest BCUT2D eigenvalue weighted by molar-refractivity contribution is 0.0398. The molecule has 0 spiro atoms. The zero-order valence-corrected chi connectivity index (χ0v) is 13.5. The van der Waals surface area contributed by atoms with E-state index in [1.165, 1.54) is 6.42 Å². The lowest BCUT2D eigenvalue weighted by Gasteiger charge is -2.26. The van der Waals surface area contributed by atoms with Gasteiger partial charge in [0, 0.05) is 39.3 Å². The fraction of sp³-hybridized carbons (Fsp3) is 0.688. The Hall–Kier alpha value is -1.73. The fourth-order valence-corrected chi connectivity index (χ4v) is 2.96. The molecule has 0 saturated carbocycles. The molecule has 7 heteroatoms. The Kier molecular flexibility index (Phi) is 5.76. The summed E-state index contributed by atoms with van der Waals surface area (Å²) < 4.78 is 5.33. The van der Waals surface area contributed by atoms with Crippen molar-refractivity contribution in [3.63, 3.8) is 0 Å². The third-order valence-corrected chi connectivity index (χ3v) is 4.35. The highest BCUT2D eigenvalue weighted by atomic mass is 16.5. The largest absolute Gasteiger partial charge is 0.379 e. The lowest BCUT2D eigenvalue weighted by atomic mass is 10.1. The molecule has 2 aliphatic rings. The van der Waals surface area contributed by atoms with Crippen molar-refractivity contribution in [2.75, 3.05) is 57.8 Å². The minimum absolute atomic E-state index is 0.00272. The van der Waals surface area contributed by atoms with Crippen LogP contribution in [0.5, 0.6) is 0 Å². The highest BCUT2D eigenvalue weighted by Gasteiger charge is 2.19. The molecule has 2 saturated heterocycles. The van der Waals surface area contributed by atoms with Crippen molar-refractivity contribution in [1.82, 2.24) is 19.8 Å². The van der Waals surface area contributed by atoms with E-state index < -0.39 is 0 Å². The fourth-order valence-electron chi connectivity index (χ4n) is 2.96. The molecule has 126 valence electrons. The number of piperidine rings is 1. The molecule has 1 aromatic heterocycles. The van der Waals surface area contributed by atoms with Gasteiger partial charge < -0.3 is 15.0 Å². The van der Waals surface area contributed by atoms with Crippen LogP contribution in [-0.2, 0) is 4.74 Å². The van der Waals surface area contributed by atoms with Gasteiger partial charge in [-0.2, -0.15) is 0 Å². The average molecular weight is 319 g/mol. The summed E-state index contributed by atoms with van der Waals surface area (Å²) in [6.45, 7) is 7.03. The molecule has 3 rings (SSSR count). The van der Waals surface area contributed by atoms with Crippen LogP contribution in [0.25, 0.3) is 0 Å². The number of rotatable bonds is 5. The number of morpholine rings is 1. The van der Waals surface area contributed by atoms with E-state index in [4.69, 9.17) is 4.74 Å². The highest BCUT2D eigenvalue weighted by molar-refractivity contribution is 5.92. The van der Waals surface area contributed by atoms with Crippen molar-refractivity contribution < 1.29 is 9.53 Å². The summed E-state index contributed by atoms with van der Waals surface area (Å²) in [5.41, 5.74) is 0.436. The molecule has 0 bridgehead atoms. The molecule has 2 fully saturated rings. The van der Waals surface area contributed by atoms with Gasteiger partial charge in [-0.25, -0.2) is 9.97 Å². The number of carbonyl (C=O) groups excluding carboxylic acids is 1. The van der Waals surface area contributed by atoms with Crippen molar-refractivity contribution in [3.8, 4) is 0 Å². The zero-order chi connectivity index (χ0) is 15.9. The SMILES string of the molecule is O=C(c1cnc(NCCN2CCOCC2)cn1)N1CCCCC1. The topological polar surface area (TPSA) is 70.6 Å². The van der Waals surface area contributed by atoms with Crippen molar-refractivity contribution in [2.45, 2.75) is 19.3 Å². The molecule has 0 atom stereocenters. The van der Waals surface area contributed by atoms with Crippen LogP contribution in [0.4, 0.5) is 5.82 Å². The Morgan fingerprint density at radius 3 is 2.57 bits per heavy atom. The normalized spacial score (nSPS) is 19.6. The van der Waals surface area contributed by atoms with Gasteiger partial charge in [0.15, 0.2) is 0 Å². The second-order valence-corrected chi connectivity index (χ2v) is 6.02. The maximum atomic E-state index is 12.3. The Balaban J connectivity index is 1.45. The summed E-state index contributed by atoms with van der Waals surface area (Å²) >= 11 is 0. The number of anilines is 1. The molecule has 1 N–H and O–H groups in total. The van der Waals surface area contributed by atoms with Crippen LogP contribution in [0.2, 0.25) is 0 Å². The highest BCUT2D eigenvalue weighted by Crippen LogP contribution is 2.12. The van der Waals surface area contributed by atoms with E-state index in [1.807, 2.05) is 4.90 Å². The van der Waals surface area contributed by atoms with E-state index in [9.17, 15) is 4.79 Å². The van der Waals surface area contributed by atoms with Crippen molar-refractivity contribution in [3.05, 3.63) is 18.1 Å². The van der Waals surface area contributed by atoms with Gasteiger partial charge in [0.05, 0.1) is 25.6 Å². The van der Waals surface area contributed by atoms with Crippen LogP contribution >= 0.6 is 0 Å². The van der Waals surface area contributed by atoms with Crippen LogP contribution in [0, 0.1) is 0 Å². The average Bonchev–Trinajstić information content (AvgIpc) is 2.63. The van der Waals surface area contributed by atoms with Crippen LogP contribution in [0.15, 0.2) is 12.4 Å². The minimum Gasteiger partial charge on any atom is -0.379 e. The van der Waals surface area contributed by atoms with Crippen LogP contribution < -0.4 is 5.32 Å². The summed E-state index contributed by atoms with van der Waals surface area (Å²) in [6.07, 6.45) is 6.60. The predicted molar refractivity (Wildman–Crippen MR) is 87.5 cm³/mol. The Morgan fingerprint density at radius 2 is 1.87 bits per heavy atom. The molecule has 0 radical (unpaired) electrons. The summed E-state index contributed by atoms with van der Waals surface area (Å²) in [5.74, 6) is 0.713. The smallest absolute Gasteiger partial charge is 0.274 e. The third-order valence-electron chi connectivity index (χ3n) is 4.35. The molecule has 23 heavy (non-hydrogen) atoms. The number of nitrogens with one attached hydrogen (secondary N) is 1. The number of carbonyl (C=O) groups is 1. The molecule has 0 aromatic carbocycles. The molecule has 7 nitrogen and oxygen atoms in total. The van der Waals surface area contributed by atoms with E-state index in [-0.39, 0.29) is 5.91 Å². The van der Waals surface area contributed by atoms with Gasteiger partial charge >= 0.3 is 0 Å². The minimum atomic E-state index is -0.00272. The van der Waals surface area contributed by atoms with E-state index in [0.29, 0.717) is 11.5 Å². The second kappa shape index (κ2) is 8.21. The van der Waals surface area contributed by atoms with Gasteiger partial charge in [-0.1, -0.05) is 0 Å². The molecule has 1 aromatic rings. The molecular formula is C16H25N5O2. The van der Waals surface area contributed by atoms with Crippen molar-refractivity contribution in [1.29, 1.82) is 0 Å². The summed E-state index contributed by atoms with van der Waals surface area (Å²) in [4.78, 5) is 25.1. The molecule has 3 heterocycles.